The van der Waals surface area contributed by atoms with Crippen LogP contribution in [0.2, 0.25) is 0 Å². The highest BCUT2D eigenvalue weighted by Gasteiger charge is 2.19. The fourth-order valence-corrected chi connectivity index (χ4v) is 3.96. The zero-order chi connectivity index (χ0) is 18.7. The summed E-state index contributed by atoms with van der Waals surface area (Å²) in [6.45, 7) is 8.32. The van der Waals surface area contributed by atoms with Gasteiger partial charge in [-0.1, -0.05) is 11.2 Å². The fourth-order valence-electron chi connectivity index (χ4n) is 3.15. The van der Waals surface area contributed by atoms with Gasteiger partial charge in [-0.3, -0.25) is 9.48 Å². The first-order valence-electron chi connectivity index (χ1n) is 8.70. The van der Waals surface area contributed by atoms with Gasteiger partial charge < -0.3 is 9.84 Å². The van der Waals surface area contributed by atoms with E-state index in [1.165, 1.54) is 4.88 Å². The zero-order valence-corrected chi connectivity index (χ0v) is 16.4. The van der Waals surface area contributed by atoms with Gasteiger partial charge in [0.15, 0.2) is 0 Å². The van der Waals surface area contributed by atoms with Gasteiger partial charge in [0.2, 0.25) is 5.91 Å². The Labute approximate surface area is 157 Å². The molecule has 1 amide bonds. The van der Waals surface area contributed by atoms with Crippen molar-refractivity contribution in [2.45, 2.75) is 46.6 Å². The van der Waals surface area contributed by atoms with Crippen molar-refractivity contribution >= 4 is 17.2 Å². The normalized spacial score (nSPS) is 12.3. The second-order valence-electron chi connectivity index (χ2n) is 6.51. The summed E-state index contributed by atoms with van der Waals surface area (Å²) in [6.07, 6.45) is 1.05. The lowest BCUT2D eigenvalue weighted by atomic mass is 10.1. The minimum Gasteiger partial charge on any atom is -0.361 e. The van der Waals surface area contributed by atoms with Crippen LogP contribution in [0, 0.1) is 27.7 Å². The number of hydrogen-bond donors (Lipinski definition) is 1. The van der Waals surface area contributed by atoms with Crippen molar-refractivity contribution in [1.82, 2.24) is 20.3 Å². The van der Waals surface area contributed by atoms with E-state index < -0.39 is 0 Å². The van der Waals surface area contributed by atoms with E-state index in [-0.39, 0.29) is 11.9 Å². The van der Waals surface area contributed by atoms with Gasteiger partial charge in [-0.25, -0.2) is 0 Å². The molecule has 7 heteroatoms. The van der Waals surface area contributed by atoms with E-state index >= 15 is 0 Å². The first-order chi connectivity index (χ1) is 12.5. The van der Waals surface area contributed by atoms with Gasteiger partial charge in [0.25, 0.3) is 0 Å². The van der Waals surface area contributed by atoms with Crippen LogP contribution < -0.4 is 5.32 Å². The van der Waals surface area contributed by atoms with E-state index in [9.17, 15) is 4.79 Å². The van der Waals surface area contributed by atoms with Crippen LogP contribution in [-0.4, -0.2) is 27.4 Å². The maximum Gasteiger partial charge on any atom is 0.220 e. The number of hydrogen-bond acceptors (Lipinski definition) is 5. The van der Waals surface area contributed by atoms with Crippen LogP contribution >= 0.6 is 11.3 Å². The van der Waals surface area contributed by atoms with Crippen LogP contribution in [0.3, 0.4) is 0 Å². The number of rotatable bonds is 7. The SMILES string of the molecule is Cc1cc(C)n([C@@H](CNC(=O)CCc2c(C)noc2C)c2cccs2)n1. The lowest BCUT2D eigenvalue weighted by molar-refractivity contribution is -0.121. The smallest absolute Gasteiger partial charge is 0.220 e. The molecule has 1 atom stereocenters. The quantitative estimate of drug-likeness (QED) is 0.689. The Hall–Kier alpha value is -2.41. The molecule has 26 heavy (non-hydrogen) atoms. The van der Waals surface area contributed by atoms with Gasteiger partial charge in [0.05, 0.1) is 11.4 Å². The number of nitrogens with one attached hydrogen (secondary N) is 1. The average molecular weight is 372 g/mol. The summed E-state index contributed by atoms with van der Waals surface area (Å²) in [4.78, 5) is 13.6. The molecule has 0 saturated heterocycles. The Morgan fingerprint density at radius 1 is 1.35 bits per heavy atom. The van der Waals surface area contributed by atoms with E-state index in [0.717, 1.165) is 28.4 Å². The van der Waals surface area contributed by atoms with Gasteiger partial charge in [-0.15, -0.1) is 11.3 Å². The molecule has 0 aliphatic carbocycles. The molecule has 3 aromatic rings. The molecule has 0 aromatic carbocycles. The monoisotopic (exact) mass is 372 g/mol. The fraction of sp³-hybridized carbons (Fsp3) is 0.421. The van der Waals surface area contributed by atoms with E-state index in [0.29, 0.717) is 19.4 Å². The van der Waals surface area contributed by atoms with Crippen molar-refractivity contribution in [2.24, 2.45) is 0 Å². The molecule has 0 aliphatic rings. The second kappa shape index (κ2) is 7.86. The molecule has 0 radical (unpaired) electrons. The topological polar surface area (TPSA) is 73.0 Å². The third-order valence-electron chi connectivity index (χ3n) is 4.49. The van der Waals surface area contributed by atoms with Crippen LogP contribution in [0.1, 0.15) is 45.7 Å². The van der Waals surface area contributed by atoms with E-state index in [1.807, 2.05) is 43.8 Å². The molecule has 138 valence electrons. The number of aryl methyl sites for hydroxylation is 4. The maximum absolute atomic E-state index is 12.4. The van der Waals surface area contributed by atoms with Crippen LogP contribution in [-0.2, 0) is 11.2 Å². The molecule has 1 N–H and O–H groups in total. The molecule has 0 bridgehead atoms. The third kappa shape index (κ3) is 4.04. The van der Waals surface area contributed by atoms with E-state index in [2.05, 4.69) is 27.7 Å². The Morgan fingerprint density at radius 2 is 2.15 bits per heavy atom. The molecule has 0 fully saturated rings. The molecule has 6 nitrogen and oxygen atoms in total. The standard InChI is InChI=1S/C19H24N4O2S/c1-12-10-13(2)23(21-12)17(18-6-5-9-26-18)11-20-19(24)8-7-16-14(3)22-25-15(16)4/h5-6,9-10,17H,7-8,11H2,1-4H3,(H,20,24)/t17-/m0/s1. The van der Waals surface area contributed by atoms with Crippen molar-refractivity contribution in [3.05, 3.63) is 56.9 Å². The lowest BCUT2D eigenvalue weighted by Gasteiger charge is -2.19. The molecule has 3 rings (SSSR count). The predicted octanol–water partition coefficient (Wildman–Crippen LogP) is 3.50. The van der Waals surface area contributed by atoms with Crippen molar-refractivity contribution in [2.75, 3.05) is 6.54 Å². The summed E-state index contributed by atoms with van der Waals surface area (Å²) in [5.41, 5.74) is 3.95. The number of carbonyl (C=O) groups is 1. The summed E-state index contributed by atoms with van der Waals surface area (Å²) in [6, 6.07) is 6.17. The van der Waals surface area contributed by atoms with Crippen molar-refractivity contribution in [1.29, 1.82) is 0 Å². The first kappa shape index (κ1) is 18.4. The largest absolute Gasteiger partial charge is 0.361 e. The highest BCUT2D eigenvalue weighted by atomic mass is 32.1. The number of aromatic nitrogens is 3. The van der Waals surface area contributed by atoms with Crippen LogP contribution in [0.5, 0.6) is 0 Å². The van der Waals surface area contributed by atoms with Gasteiger partial charge in [-0.05, 0) is 51.6 Å². The Morgan fingerprint density at radius 3 is 2.73 bits per heavy atom. The van der Waals surface area contributed by atoms with E-state index in [4.69, 9.17) is 4.52 Å². The van der Waals surface area contributed by atoms with E-state index in [1.54, 1.807) is 11.3 Å². The predicted molar refractivity (Wildman–Crippen MR) is 101 cm³/mol. The minimum absolute atomic E-state index is 0.00622. The first-order valence-corrected chi connectivity index (χ1v) is 9.58. The maximum atomic E-state index is 12.4. The summed E-state index contributed by atoms with van der Waals surface area (Å²) in [5, 5.41) is 13.7. The zero-order valence-electron chi connectivity index (χ0n) is 15.6. The number of amides is 1. The Bertz CT molecular complexity index is 860. The molecule has 0 aliphatic heterocycles. The molecule has 3 aromatic heterocycles. The summed E-state index contributed by atoms with van der Waals surface area (Å²) >= 11 is 1.68. The van der Waals surface area contributed by atoms with Crippen molar-refractivity contribution < 1.29 is 9.32 Å². The second-order valence-corrected chi connectivity index (χ2v) is 7.49. The Balaban J connectivity index is 1.65. The molecule has 0 saturated carbocycles. The molecule has 0 unspecified atom stereocenters. The molecular formula is C19H24N4O2S. The summed E-state index contributed by atoms with van der Waals surface area (Å²) in [5.74, 6) is 0.808. The summed E-state index contributed by atoms with van der Waals surface area (Å²) in [7, 11) is 0. The van der Waals surface area contributed by atoms with Gasteiger partial charge in [0, 0.05) is 29.1 Å². The highest BCUT2D eigenvalue weighted by Crippen LogP contribution is 2.24. The van der Waals surface area contributed by atoms with Crippen molar-refractivity contribution in [3.63, 3.8) is 0 Å². The molecule has 3 heterocycles. The van der Waals surface area contributed by atoms with Gasteiger partial charge in [-0.2, -0.15) is 5.10 Å². The number of carbonyl (C=O) groups excluding carboxylic acids is 1. The summed E-state index contributed by atoms with van der Waals surface area (Å²) < 4.78 is 7.15. The lowest BCUT2D eigenvalue weighted by Crippen LogP contribution is -2.32. The minimum atomic E-state index is 0.00622. The third-order valence-corrected chi connectivity index (χ3v) is 5.46. The highest BCUT2D eigenvalue weighted by molar-refractivity contribution is 7.10. The Kier molecular flexibility index (Phi) is 5.56. The molecular weight excluding hydrogens is 348 g/mol. The van der Waals surface area contributed by atoms with Crippen LogP contribution in [0.25, 0.3) is 0 Å². The van der Waals surface area contributed by atoms with Crippen LogP contribution in [0.15, 0.2) is 28.1 Å². The average Bonchev–Trinajstić information content (AvgIpc) is 3.30. The number of thiophene rings is 1. The number of nitrogens with zero attached hydrogens (tertiary/aromatic N) is 3. The van der Waals surface area contributed by atoms with Crippen LogP contribution in [0.4, 0.5) is 0 Å². The van der Waals surface area contributed by atoms with Gasteiger partial charge in [0.1, 0.15) is 11.8 Å². The van der Waals surface area contributed by atoms with Gasteiger partial charge >= 0.3 is 0 Å². The van der Waals surface area contributed by atoms with Crippen molar-refractivity contribution in [3.8, 4) is 0 Å². The molecule has 0 spiro atoms.